The van der Waals surface area contributed by atoms with Gasteiger partial charge in [0, 0.05) is 19.3 Å². The first-order valence-corrected chi connectivity index (χ1v) is 9.22. The molecule has 6 heteroatoms. The van der Waals surface area contributed by atoms with Gasteiger partial charge in [-0.1, -0.05) is 30.3 Å². The second-order valence-electron chi connectivity index (χ2n) is 6.43. The van der Waals surface area contributed by atoms with Crippen LogP contribution < -0.4 is 14.8 Å². The Bertz CT molecular complexity index is 884. The van der Waals surface area contributed by atoms with Crippen molar-refractivity contribution in [3.05, 3.63) is 84.3 Å². The molecule has 0 saturated carbocycles. The predicted molar refractivity (Wildman–Crippen MR) is 103 cm³/mol. The van der Waals surface area contributed by atoms with Crippen LogP contribution in [0.4, 0.5) is 4.39 Å². The normalized spacial score (nSPS) is 17.7. The van der Waals surface area contributed by atoms with Crippen molar-refractivity contribution in [3.8, 4) is 17.4 Å². The van der Waals surface area contributed by atoms with Crippen LogP contribution in [0.3, 0.4) is 0 Å². The molecule has 1 N–H and O–H groups in total. The third-order valence-electron chi connectivity index (χ3n) is 4.44. The van der Waals surface area contributed by atoms with Crippen LogP contribution in [0.25, 0.3) is 0 Å². The maximum Gasteiger partial charge on any atom is 0.262 e. The smallest absolute Gasteiger partial charge is 0.262 e. The van der Waals surface area contributed by atoms with Crippen LogP contribution in [0, 0.1) is 5.82 Å². The van der Waals surface area contributed by atoms with Crippen LogP contribution in [-0.4, -0.2) is 30.8 Å². The molecular weight excluding hydrogens is 359 g/mol. The number of benzene rings is 2. The van der Waals surface area contributed by atoms with Gasteiger partial charge in [0.15, 0.2) is 11.9 Å². The Hall–Kier alpha value is -2.96. The van der Waals surface area contributed by atoms with Crippen molar-refractivity contribution in [1.29, 1.82) is 0 Å². The lowest BCUT2D eigenvalue weighted by atomic mass is 10.0. The summed E-state index contributed by atoms with van der Waals surface area (Å²) in [5, 5.41) is 3.34. The summed E-state index contributed by atoms with van der Waals surface area (Å²) in [5.74, 6) is 0.974. The van der Waals surface area contributed by atoms with Gasteiger partial charge in [-0.05, 0) is 42.0 Å². The summed E-state index contributed by atoms with van der Waals surface area (Å²) < 4.78 is 31.3. The van der Waals surface area contributed by atoms with Gasteiger partial charge in [0.2, 0.25) is 0 Å². The third-order valence-corrected chi connectivity index (χ3v) is 4.44. The first kappa shape index (κ1) is 18.4. The number of ether oxygens (including phenoxy) is 3. The van der Waals surface area contributed by atoms with Crippen LogP contribution in [0.5, 0.6) is 17.4 Å². The number of morpholine rings is 1. The van der Waals surface area contributed by atoms with Crippen molar-refractivity contribution in [2.75, 3.05) is 19.7 Å². The Morgan fingerprint density at radius 2 is 1.86 bits per heavy atom. The maximum atomic E-state index is 13.2. The molecule has 5 nitrogen and oxygen atoms in total. The lowest BCUT2D eigenvalue weighted by Crippen LogP contribution is -2.43. The first-order valence-electron chi connectivity index (χ1n) is 9.22. The van der Waals surface area contributed by atoms with Crippen LogP contribution in [0.1, 0.15) is 11.7 Å². The van der Waals surface area contributed by atoms with Crippen molar-refractivity contribution in [1.82, 2.24) is 10.3 Å². The molecule has 2 heterocycles. The summed E-state index contributed by atoms with van der Waals surface area (Å²) in [6.07, 6.45) is 1.16. The third kappa shape index (κ3) is 4.47. The number of aromatic nitrogens is 1. The molecule has 2 atom stereocenters. The van der Waals surface area contributed by atoms with Crippen LogP contribution in [0.15, 0.2) is 72.9 Å². The molecule has 0 spiro atoms. The van der Waals surface area contributed by atoms with Gasteiger partial charge in [0.1, 0.15) is 17.7 Å². The number of hydrogen-bond acceptors (Lipinski definition) is 5. The second-order valence-corrected chi connectivity index (χ2v) is 6.43. The molecule has 0 radical (unpaired) electrons. The molecular formula is C22H21FN2O3. The molecule has 1 aliphatic heterocycles. The lowest BCUT2D eigenvalue weighted by Gasteiger charge is -2.31. The molecule has 0 aliphatic carbocycles. The Labute approximate surface area is 163 Å². The summed E-state index contributed by atoms with van der Waals surface area (Å²) in [7, 11) is 0. The van der Waals surface area contributed by atoms with Gasteiger partial charge < -0.3 is 19.5 Å². The highest BCUT2D eigenvalue weighted by atomic mass is 19.1. The number of nitrogens with zero attached hydrogens (tertiary/aromatic N) is 1. The van der Waals surface area contributed by atoms with E-state index in [4.69, 9.17) is 14.2 Å². The summed E-state index contributed by atoms with van der Waals surface area (Å²) in [6.45, 7) is 2.14. The zero-order valence-electron chi connectivity index (χ0n) is 15.3. The van der Waals surface area contributed by atoms with E-state index in [-0.39, 0.29) is 18.0 Å². The van der Waals surface area contributed by atoms with Gasteiger partial charge in [-0.3, -0.25) is 0 Å². The Morgan fingerprint density at radius 3 is 2.61 bits per heavy atom. The summed E-state index contributed by atoms with van der Waals surface area (Å²) in [4.78, 5) is 4.29. The second kappa shape index (κ2) is 8.82. The number of nitrogens with one attached hydrogen (secondary N) is 1. The average Bonchev–Trinajstić information content (AvgIpc) is 2.76. The summed E-state index contributed by atoms with van der Waals surface area (Å²) in [6, 6.07) is 19.3. The van der Waals surface area contributed by atoms with Gasteiger partial charge >= 0.3 is 0 Å². The predicted octanol–water partition coefficient (Wildman–Crippen LogP) is 4.12. The minimum atomic E-state index is -0.325. The van der Waals surface area contributed by atoms with E-state index in [0.29, 0.717) is 30.5 Å². The highest BCUT2D eigenvalue weighted by molar-refractivity contribution is 5.38. The molecule has 1 fully saturated rings. The fourth-order valence-corrected chi connectivity index (χ4v) is 3.07. The lowest BCUT2D eigenvalue weighted by molar-refractivity contribution is -0.0438. The van der Waals surface area contributed by atoms with Crippen molar-refractivity contribution in [2.24, 2.45) is 0 Å². The van der Waals surface area contributed by atoms with E-state index < -0.39 is 0 Å². The van der Waals surface area contributed by atoms with Gasteiger partial charge in [0.05, 0.1) is 6.61 Å². The van der Waals surface area contributed by atoms with Crippen LogP contribution in [-0.2, 0) is 4.74 Å². The minimum Gasteiger partial charge on any atom is -0.477 e. The van der Waals surface area contributed by atoms with E-state index in [1.54, 1.807) is 30.5 Å². The molecule has 3 aromatic rings. The van der Waals surface area contributed by atoms with E-state index in [9.17, 15) is 4.39 Å². The standard InChI is InChI=1S/C22H21FN2O3/c23-17-8-10-18(11-9-17)27-22-19(7-4-12-25-22)28-21(16-5-2-1-3-6-16)20-15-24-13-14-26-20/h1-12,20-21,24H,13-15H2. The molecule has 4 rings (SSSR count). The van der Waals surface area contributed by atoms with Crippen LogP contribution >= 0.6 is 0 Å². The molecule has 2 aromatic carbocycles. The summed E-state index contributed by atoms with van der Waals surface area (Å²) in [5.41, 5.74) is 1.01. The van der Waals surface area contributed by atoms with E-state index in [1.807, 2.05) is 30.3 Å². The molecule has 1 saturated heterocycles. The minimum absolute atomic E-state index is 0.143. The van der Waals surface area contributed by atoms with Crippen molar-refractivity contribution in [2.45, 2.75) is 12.2 Å². The molecule has 144 valence electrons. The van der Waals surface area contributed by atoms with E-state index in [0.717, 1.165) is 12.1 Å². The fourth-order valence-electron chi connectivity index (χ4n) is 3.07. The molecule has 1 aliphatic rings. The summed E-state index contributed by atoms with van der Waals surface area (Å²) >= 11 is 0. The number of hydrogen-bond donors (Lipinski definition) is 1. The molecule has 0 bridgehead atoms. The van der Waals surface area contributed by atoms with Crippen molar-refractivity contribution < 1.29 is 18.6 Å². The Kier molecular flexibility index (Phi) is 5.80. The number of rotatable bonds is 6. The average molecular weight is 380 g/mol. The molecule has 2 unspecified atom stereocenters. The maximum absolute atomic E-state index is 13.2. The fraction of sp³-hybridized carbons (Fsp3) is 0.227. The van der Waals surface area contributed by atoms with Gasteiger partial charge in [-0.25, -0.2) is 9.37 Å². The highest BCUT2D eigenvalue weighted by Crippen LogP contribution is 2.34. The molecule has 1 aromatic heterocycles. The zero-order valence-corrected chi connectivity index (χ0v) is 15.3. The van der Waals surface area contributed by atoms with Gasteiger partial charge in [-0.15, -0.1) is 0 Å². The van der Waals surface area contributed by atoms with E-state index >= 15 is 0 Å². The number of halogens is 1. The largest absolute Gasteiger partial charge is 0.477 e. The Morgan fingerprint density at radius 1 is 1.04 bits per heavy atom. The monoisotopic (exact) mass is 380 g/mol. The van der Waals surface area contributed by atoms with Gasteiger partial charge in [-0.2, -0.15) is 0 Å². The van der Waals surface area contributed by atoms with Gasteiger partial charge in [0.25, 0.3) is 5.88 Å². The van der Waals surface area contributed by atoms with Crippen LogP contribution in [0.2, 0.25) is 0 Å². The highest BCUT2D eigenvalue weighted by Gasteiger charge is 2.29. The SMILES string of the molecule is Fc1ccc(Oc2ncccc2OC(c2ccccc2)C2CNCCO2)cc1. The van der Waals surface area contributed by atoms with E-state index in [1.165, 1.54) is 12.1 Å². The first-order chi connectivity index (χ1) is 13.8. The quantitative estimate of drug-likeness (QED) is 0.697. The zero-order chi connectivity index (χ0) is 19.2. The van der Waals surface area contributed by atoms with E-state index in [2.05, 4.69) is 10.3 Å². The molecule has 28 heavy (non-hydrogen) atoms. The van der Waals surface area contributed by atoms with Crippen molar-refractivity contribution in [3.63, 3.8) is 0 Å². The number of pyridine rings is 1. The topological polar surface area (TPSA) is 52.6 Å². The molecule has 0 amide bonds. The Balaban J connectivity index is 1.60. The van der Waals surface area contributed by atoms with Crippen molar-refractivity contribution >= 4 is 0 Å².